The molecule has 0 spiro atoms. The highest BCUT2D eigenvalue weighted by atomic mass is 127. The summed E-state index contributed by atoms with van der Waals surface area (Å²) in [4.78, 5) is 9.94. The van der Waals surface area contributed by atoms with Crippen molar-refractivity contribution in [2.24, 2.45) is 4.99 Å². The average Bonchev–Trinajstić information content (AvgIpc) is 3.11. The van der Waals surface area contributed by atoms with Gasteiger partial charge in [-0.3, -0.25) is 0 Å². The van der Waals surface area contributed by atoms with Gasteiger partial charge in [0.1, 0.15) is 5.82 Å². The maximum atomic E-state index is 14.0. The van der Waals surface area contributed by atoms with E-state index in [1.807, 2.05) is 38.1 Å². The molecule has 0 fully saturated rings. The summed E-state index contributed by atoms with van der Waals surface area (Å²) in [6, 6.07) is 13.6. The van der Waals surface area contributed by atoms with Gasteiger partial charge in [-0.15, -0.1) is 24.0 Å². The first-order chi connectivity index (χ1) is 14.1. The maximum absolute atomic E-state index is 14.0. The lowest BCUT2D eigenvalue weighted by Crippen LogP contribution is -2.38. The third-order valence-electron chi connectivity index (χ3n) is 4.72. The molecule has 0 bridgehead atoms. The Balaban J connectivity index is 0.00000320. The van der Waals surface area contributed by atoms with Gasteiger partial charge in [-0.1, -0.05) is 24.3 Å². The minimum atomic E-state index is -0.171. The molecule has 0 saturated carbocycles. The van der Waals surface area contributed by atoms with Crippen LogP contribution in [-0.2, 0) is 19.5 Å². The minimum absolute atomic E-state index is 0. The summed E-state index contributed by atoms with van der Waals surface area (Å²) in [5.41, 5.74) is 4.14. The van der Waals surface area contributed by atoms with Gasteiger partial charge in [0, 0.05) is 42.3 Å². The van der Waals surface area contributed by atoms with Crippen LogP contribution in [0.4, 0.5) is 4.39 Å². The van der Waals surface area contributed by atoms with Gasteiger partial charge in [-0.2, -0.15) is 0 Å². The highest BCUT2D eigenvalue weighted by Crippen LogP contribution is 2.17. The molecule has 3 aromatic rings. The van der Waals surface area contributed by atoms with Gasteiger partial charge in [0.25, 0.3) is 0 Å². The smallest absolute Gasteiger partial charge is 0.191 e. The molecule has 7 heteroatoms. The van der Waals surface area contributed by atoms with Crippen LogP contribution in [0.3, 0.4) is 0 Å². The van der Waals surface area contributed by atoms with Crippen LogP contribution in [0.25, 0.3) is 10.9 Å². The summed E-state index contributed by atoms with van der Waals surface area (Å²) in [6.45, 7) is 4.69. The molecule has 3 N–H and O–H groups in total. The first-order valence-electron chi connectivity index (χ1n) is 10.1. The van der Waals surface area contributed by atoms with Crippen molar-refractivity contribution < 1.29 is 4.39 Å². The molecule has 162 valence electrons. The zero-order valence-electron chi connectivity index (χ0n) is 17.8. The predicted octanol–water partition coefficient (Wildman–Crippen LogP) is 4.28. The van der Waals surface area contributed by atoms with E-state index in [9.17, 15) is 4.39 Å². The highest BCUT2D eigenvalue weighted by Gasteiger charge is 2.06. The SMILES string of the molecule is CCNC(=NCc1ccc(F)c(CN(C)C)c1)NCCc1c[nH]c2ccccc12.I. The van der Waals surface area contributed by atoms with Crippen LogP contribution in [0.2, 0.25) is 0 Å². The molecule has 0 atom stereocenters. The van der Waals surface area contributed by atoms with E-state index in [0.717, 1.165) is 36.6 Å². The fourth-order valence-corrected chi connectivity index (χ4v) is 3.35. The number of H-pyrrole nitrogens is 1. The van der Waals surface area contributed by atoms with Crippen LogP contribution in [0.1, 0.15) is 23.6 Å². The molecule has 0 radical (unpaired) electrons. The number of nitrogens with one attached hydrogen (secondary N) is 3. The fourth-order valence-electron chi connectivity index (χ4n) is 3.35. The quantitative estimate of drug-likeness (QED) is 0.235. The van der Waals surface area contributed by atoms with E-state index in [-0.39, 0.29) is 29.8 Å². The monoisotopic (exact) mass is 523 g/mol. The first-order valence-corrected chi connectivity index (χ1v) is 10.1. The van der Waals surface area contributed by atoms with E-state index >= 15 is 0 Å². The van der Waals surface area contributed by atoms with Gasteiger partial charge in [-0.25, -0.2) is 9.38 Å². The normalized spacial score (nSPS) is 11.6. The van der Waals surface area contributed by atoms with Crippen molar-refractivity contribution in [1.29, 1.82) is 0 Å². The number of aromatic amines is 1. The number of fused-ring (bicyclic) bond motifs is 1. The lowest BCUT2D eigenvalue weighted by Gasteiger charge is -2.13. The Labute approximate surface area is 195 Å². The largest absolute Gasteiger partial charge is 0.361 e. The Morgan fingerprint density at radius 1 is 1.10 bits per heavy atom. The van der Waals surface area contributed by atoms with Crippen LogP contribution in [0, 0.1) is 5.82 Å². The van der Waals surface area contributed by atoms with Crippen molar-refractivity contribution in [3.05, 3.63) is 71.2 Å². The summed E-state index contributed by atoms with van der Waals surface area (Å²) in [5.74, 6) is 0.598. The number of aliphatic imine (C=N–C) groups is 1. The second-order valence-corrected chi connectivity index (χ2v) is 7.39. The zero-order chi connectivity index (χ0) is 20.6. The van der Waals surface area contributed by atoms with E-state index in [1.165, 1.54) is 17.0 Å². The minimum Gasteiger partial charge on any atom is -0.361 e. The van der Waals surface area contributed by atoms with Crippen LogP contribution in [0.5, 0.6) is 0 Å². The van der Waals surface area contributed by atoms with Crippen LogP contribution >= 0.6 is 24.0 Å². The van der Waals surface area contributed by atoms with E-state index in [2.05, 4.69) is 45.0 Å². The molecule has 30 heavy (non-hydrogen) atoms. The molecule has 1 aromatic heterocycles. The van der Waals surface area contributed by atoms with Gasteiger partial charge in [0.05, 0.1) is 6.54 Å². The van der Waals surface area contributed by atoms with Crippen molar-refractivity contribution in [3.63, 3.8) is 0 Å². The number of benzene rings is 2. The van der Waals surface area contributed by atoms with Crippen molar-refractivity contribution in [1.82, 2.24) is 20.5 Å². The van der Waals surface area contributed by atoms with Gasteiger partial charge in [0.2, 0.25) is 0 Å². The second-order valence-electron chi connectivity index (χ2n) is 7.39. The number of hydrogen-bond acceptors (Lipinski definition) is 2. The van der Waals surface area contributed by atoms with Crippen LogP contribution in [-0.4, -0.2) is 43.0 Å². The molecule has 3 rings (SSSR count). The van der Waals surface area contributed by atoms with Gasteiger partial charge in [0.15, 0.2) is 5.96 Å². The van der Waals surface area contributed by atoms with Crippen molar-refractivity contribution in [2.75, 3.05) is 27.2 Å². The van der Waals surface area contributed by atoms with Gasteiger partial charge >= 0.3 is 0 Å². The summed E-state index contributed by atoms with van der Waals surface area (Å²) < 4.78 is 14.0. The number of hydrogen-bond donors (Lipinski definition) is 3. The summed E-state index contributed by atoms with van der Waals surface area (Å²) in [7, 11) is 3.87. The van der Waals surface area contributed by atoms with Gasteiger partial charge < -0.3 is 20.5 Å². The van der Waals surface area contributed by atoms with E-state index in [0.29, 0.717) is 18.7 Å². The first kappa shape index (κ1) is 24.1. The standard InChI is InChI=1S/C23H30FN5.HI/c1-4-25-23(26-12-11-18-15-27-22-8-6-5-7-20(18)22)28-14-17-9-10-21(24)19(13-17)16-29(2)3;/h5-10,13,15,27H,4,11-12,14,16H2,1-3H3,(H2,25,26,28);1H. The summed E-state index contributed by atoms with van der Waals surface area (Å²) in [5, 5.41) is 7.93. The van der Waals surface area contributed by atoms with Crippen LogP contribution < -0.4 is 10.6 Å². The molecule has 0 aliphatic heterocycles. The van der Waals surface area contributed by atoms with Crippen LogP contribution in [0.15, 0.2) is 53.7 Å². The number of para-hydroxylation sites is 1. The van der Waals surface area contributed by atoms with Gasteiger partial charge in [-0.05, 0) is 56.8 Å². The number of aromatic nitrogens is 1. The Hall–Kier alpha value is -2.13. The number of halogens is 2. The lowest BCUT2D eigenvalue weighted by molar-refractivity contribution is 0.392. The topological polar surface area (TPSA) is 55.5 Å². The highest BCUT2D eigenvalue weighted by molar-refractivity contribution is 14.0. The lowest BCUT2D eigenvalue weighted by atomic mass is 10.1. The fraction of sp³-hybridized carbons (Fsp3) is 0.348. The van der Waals surface area contributed by atoms with Crippen molar-refractivity contribution >= 4 is 40.8 Å². The Kier molecular flexibility index (Phi) is 9.58. The van der Waals surface area contributed by atoms with E-state index < -0.39 is 0 Å². The molecular formula is C23H31FIN5. The Morgan fingerprint density at radius 3 is 2.67 bits per heavy atom. The second kappa shape index (κ2) is 11.9. The molecule has 0 aliphatic carbocycles. The number of rotatable bonds is 8. The maximum Gasteiger partial charge on any atom is 0.191 e. The van der Waals surface area contributed by atoms with Crippen molar-refractivity contribution in [3.8, 4) is 0 Å². The molecule has 2 aromatic carbocycles. The average molecular weight is 523 g/mol. The van der Waals surface area contributed by atoms with Crippen molar-refractivity contribution in [2.45, 2.75) is 26.4 Å². The Morgan fingerprint density at radius 2 is 1.90 bits per heavy atom. The molecule has 0 amide bonds. The zero-order valence-corrected chi connectivity index (χ0v) is 20.2. The number of guanidine groups is 1. The summed E-state index contributed by atoms with van der Waals surface area (Å²) in [6.07, 6.45) is 2.97. The third kappa shape index (κ3) is 6.70. The molecule has 5 nitrogen and oxygen atoms in total. The van der Waals surface area contributed by atoms with E-state index in [1.54, 1.807) is 6.07 Å². The molecule has 0 aliphatic rings. The third-order valence-corrected chi connectivity index (χ3v) is 4.72. The predicted molar refractivity (Wildman–Crippen MR) is 134 cm³/mol. The molecule has 1 heterocycles. The molecule has 0 saturated heterocycles. The summed E-state index contributed by atoms with van der Waals surface area (Å²) >= 11 is 0. The number of nitrogens with zero attached hydrogens (tertiary/aromatic N) is 2. The molecule has 0 unspecified atom stereocenters. The van der Waals surface area contributed by atoms with E-state index in [4.69, 9.17) is 0 Å². The Bertz CT molecular complexity index is 967. The molecular weight excluding hydrogens is 492 g/mol.